The fourth-order valence-corrected chi connectivity index (χ4v) is 2.93. The van der Waals surface area contributed by atoms with Gasteiger partial charge in [0.05, 0.1) is 0 Å². The monoisotopic (exact) mass is 375 g/mol. The van der Waals surface area contributed by atoms with Crippen molar-refractivity contribution in [2.45, 2.75) is 6.54 Å². The van der Waals surface area contributed by atoms with E-state index >= 15 is 0 Å². The van der Waals surface area contributed by atoms with Crippen molar-refractivity contribution in [3.8, 4) is 0 Å². The molecule has 0 saturated carbocycles. The van der Waals surface area contributed by atoms with E-state index in [0.717, 1.165) is 16.9 Å². The van der Waals surface area contributed by atoms with E-state index in [1.54, 1.807) is 11.9 Å². The minimum absolute atomic E-state index is 0.0376. The first kappa shape index (κ1) is 18.6. The molecule has 0 fully saturated rings. The average Bonchev–Trinajstić information content (AvgIpc) is 2.69. The van der Waals surface area contributed by atoms with Crippen LogP contribution in [0.5, 0.6) is 0 Å². The molecule has 3 aromatic carbocycles. The summed E-state index contributed by atoms with van der Waals surface area (Å²) in [7, 11) is 1.80. The molecule has 0 aliphatic rings. The van der Waals surface area contributed by atoms with Gasteiger partial charge in [0.25, 0.3) is 5.91 Å². The van der Waals surface area contributed by atoms with Gasteiger partial charge in [0, 0.05) is 30.5 Å². The predicted molar refractivity (Wildman–Crippen MR) is 115 cm³/mol. The summed E-state index contributed by atoms with van der Waals surface area (Å²) in [5, 5.41) is 6.72. The molecule has 0 radical (unpaired) electrons. The molecule has 136 valence electrons. The number of nitrogens with zero attached hydrogens (tertiary/aromatic N) is 1. The lowest BCUT2D eigenvalue weighted by molar-refractivity contribution is 0.0785. The van der Waals surface area contributed by atoms with Crippen molar-refractivity contribution in [3.63, 3.8) is 0 Å². The Hall–Kier alpha value is -3.18. The maximum Gasteiger partial charge on any atom is 0.253 e. The topological polar surface area (TPSA) is 44.4 Å². The van der Waals surface area contributed by atoms with E-state index in [9.17, 15) is 4.79 Å². The lowest BCUT2D eigenvalue weighted by Gasteiger charge is -2.18. The van der Waals surface area contributed by atoms with Crippen LogP contribution in [0.15, 0.2) is 84.9 Å². The Balaban J connectivity index is 1.64. The normalized spacial score (nSPS) is 10.1. The molecule has 0 heterocycles. The number of nitrogens with one attached hydrogen (secondary N) is 2. The van der Waals surface area contributed by atoms with Crippen molar-refractivity contribution in [1.29, 1.82) is 0 Å². The molecule has 5 heteroatoms. The van der Waals surface area contributed by atoms with Gasteiger partial charge in [-0.1, -0.05) is 54.6 Å². The Kier molecular flexibility index (Phi) is 6.18. The highest BCUT2D eigenvalue weighted by atomic mass is 32.1. The third kappa shape index (κ3) is 5.39. The summed E-state index contributed by atoms with van der Waals surface area (Å²) >= 11 is 5.35. The lowest BCUT2D eigenvalue weighted by atomic mass is 10.1. The van der Waals surface area contributed by atoms with E-state index in [2.05, 4.69) is 10.6 Å². The van der Waals surface area contributed by atoms with Gasteiger partial charge < -0.3 is 15.5 Å². The third-order valence-corrected chi connectivity index (χ3v) is 4.21. The summed E-state index contributed by atoms with van der Waals surface area (Å²) in [5.41, 5.74) is 3.38. The average molecular weight is 375 g/mol. The number of carbonyl (C=O) groups excluding carboxylic acids is 1. The molecule has 3 rings (SSSR count). The number of hydrogen-bond acceptors (Lipinski definition) is 2. The minimum Gasteiger partial charge on any atom is -0.337 e. The van der Waals surface area contributed by atoms with Crippen LogP contribution in [0, 0.1) is 0 Å². The molecule has 4 nitrogen and oxygen atoms in total. The summed E-state index contributed by atoms with van der Waals surface area (Å²) in [6.45, 7) is 0.561. The zero-order valence-electron chi connectivity index (χ0n) is 15.1. The van der Waals surface area contributed by atoms with Crippen molar-refractivity contribution in [2.75, 3.05) is 17.7 Å². The summed E-state index contributed by atoms with van der Waals surface area (Å²) in [6.07, 6.45) is 0. The highest BCUT2D eigenvalue weighted by Gasteiger charge is 2.12. The smallest absolute Gasteiger partial charge is 0.253 e. The largest absolute Gasteiger partial charge is 0.337 e. The van der Waals surface area contributed by atoms with Crippen LogP contribution in [-0.4, -0.2) is 23.0 Å². The van der Waals surface area contributed by atoms with Crippen molar-refractivity contribution in [2.24, 2.45) is 0 Å². The minimum atomic E-state index is -0.0376. The fraction of sp³-hybridized carbons (Fsp3) is 0.0909. The van der Waals surface area contributed by atoms with Crippen LogP contribution in [-0.2, 0) is 6.54 Å². The highest BCUT2D eigenvalue weighted by Crippen LogP contribution is 2.15. The molecule has 2 N–H and O–H groups in total. The fourth-order valence-electron chi connectivity index (χ4n) is 2.69. The van der Waals surface area contributed by atoms with Gasteiger partial charge in [0.15, 0.2) is 5.11 Å². The standard InChI is InChI=1S/C22H21N3OS/c1-25(16-17-9-4-2-5-10-17)21(26)18-11-8-14-20(15-18)24-22(27)23-19-12-6-3-7-13-19/h2-15H,16H2,1H3,(H2,23,24,27). The second-order valence-corrected chi connectivity index (χ2v) is 6.58. The van der Waals surface area contributed by atoms with E-state index in [-0.39, 0.29) is 5.91 Å². The van der Waals surface area contributed by atoms with Gasteiger partial charge in [-0.2, -0.15) is 0 Å². The zero-order chi connectivity index (χ0) is 19.1. The lowest BCUT2D eigenvalue weighted by Crippen LogP contribution is -2.26. The Morgan fingerprint density at radius 3 is 2.15 bits per heavy atom. The molecule has 0 saturated heterocycles. The SMILES string of the molecule is CN(Cc1ccccc1)C(=O)c1cccc(NC(=S)Nc2ccccc2)c1. The second kappa shape index (κ2) is 8.96. The van der Waals surface area contributed by atoms with Crippen LogP contribution < -0.4 is 10.6 Å². The Morgan fingerprint density at radius 2 is 1.44 bits per heavy atom. The number of amides is 1. The number of rotatable bonds is 5. The number of para-hydroxylation sites is 1. The van der Waals surface area contributed by atoms with Crippen LogP contribution in [0.1, 0.15) is 15.9 Å². The molecule has 0 aromatic heterocycles. The number of benzene rings is 3. The maximum atomic E-state index is 12.7. The number of carbonyl (C=O) groups is 1. The molecule has 0 aliphatic heterocycles. The van der Waals surface area contributed by atoms with Gasteiger partial charge >= 0.3 is 0 Å². The molecule has 0 atom stereocenters. The zero-order valence-corrected chi connectivity index (χ0v) is 15.9. The van der Waals surface area contributed by atoms with Gasteiger partial charge in [-0.05, 0) is 48.1 Å². The quantitative estimate of drug-likeness (QED) is 0.631. The first-order valence-electron chi connectivity index (χ1n) is 8.64. The third-order valence-electron chi connectivity index (χ3n) is 4.01. The second-order valence-electron chi connectivity index (χ2n) is 6.17. The predicted octanol–water partition coefficient (Wildman–Crippen LogP) is 4.77. The molecular formula is C22H21N3OS. The Morgan fingerprint density at radius 1 is 0.852 bits per heavy atom. The van der Waals surface area contributed by atoms with Crippen LogP contribution >= 0.6 is 12.2 Å². The van der Waals surface area contributed by atoms with E-state index in [1.165, 1.54) is 0 Å². The highest BCUT2D eigenvalue weighted by molar-refractivity contribution is 7.80. The molecule has 0 unspecified atom stereocenters. The van der Waals surface area contributed by atoms with Crippen molar-refractivity contribution in [1.82, 2.24) is 4.90 Å². The van der Waals surface area contributed by atoms with Gasteiger partial charge in [-0.25, -0.2) is 0 Å². The summed E-state index contributed by atoms with van der Waals surface area (Å²) in [6, 6.07) is 27.0. The number of thiocarbonyl (C=S) groups is 1. The van der Waals surface area contributed by atoms with Gasteiger partial charge in [-0.3, -0.25) is 4.79 Å². The van der Waals surface area contributed by atoms with Crippen molar-refractivity contribution in [3.05, 3.63) is 96.1 Å². The molecule has 0 bridgehead atoms. The molecule has 0 aliphatic carbocycles. The molecule has 27 heavy (non-hydrogen) atoms. The summed E-state index contributed by atoms with van der Waals surface area (Å²) < 4.78 is 0. The molecule has 3 aromatic rings. The Bertz CT molecular complexity index is 913. The summed E-state index contributed by atoms with van der Waals surface area (Å²) in [5.74, 6) is -0.0376. The van der Waals surface area contributed by atoms with E-state index in [1.807, 2.05) is 84.9 Å². The summed E-state index contributed by atoms with van der Waals surface area (Å²) in [4.78, 5) is 14.4. The Labute approximate surface area is 164 Å². The van der Waals surface area contributed by atoms with Crippen molar-refractivity contribution < 1.29 is 4.79 Å². The van der Waals surface area contributed by atoms with E-state index < -0.39 is 0 Å². The molecule has 1 amide bonds. The first-order chi connectivity index (χ1) is 13.1. The van der Waals surface area contributed by atoms with Gasteiger partial charge in [-0.15, -0.1) is 0 Å². The van der Waals surface area contributed by atoms with Crippen LogP contribution in [0.2, 0.25) is 0 Å². The van der Waals surface area contributed by atoms with E-state index in [4.69, 9.17) is 12.2 Å². The first-order valence-corrected chi connectivity index (χ1v) is 9.05. The van der Waals surface area contributed by atoms with Crippen LogP contribution in [0.25, 0.3) is 0 Å². The maximum absolute atomic E-state index is 12.7. The van der Waals surface area contributed by atoms with Gasteiger partial charge in [0.2, 0.25) is 0 Å². The molecule has 0 spiro atoms. The number of anilines is 2. The van der Waals surface area contributed by atoms with Crippen LogP contribution in [0.3, 0.4) is 0 Å². The van der Waals surface area contributed by atoms with E-state index in [0.29, 0.717) is 17.2 Å². The van der Waals surface area contributed by atoms with Crippen molar-refractivity contribution >= 4 is 34.6 Å². The van der Waals surface area contributed by atoms with Crippen LogP contribution in [0.4, 0.5) is 11.4 Å². The molecular weight excluding hydrogens is 354 g/mol. The van der Waals surface area contributed by atoms with Gasteiger partial charge in [0.1, 0.15) is 0 Å². The number of hydrogen-bond donors (Lipinski definition) is 2.